The summed E-state index contributed by atoms with van der Waals surface area (Å²) in [7, 11) is 0. The van der Waals surface area contributed by atoms with Crippen molar-refractivity contribution in [2.45, 2.75) is 44.5 Å². The van der Waals surface area contributed by atoms with E-state index in [9.17, 15) is 9.59 Å². The third-order valence-electron chi connectivity index (χ3n) is 5.79. The summed E-state index contributed by atoms with van der Waals surface area (Å²) in [6.07, 6.45) is 5.54. The lowest BCUT2D eigenvalue weighted by molar-refractivity contribution is -0.0415. The van der Waals surface area contributed by atoms with E-state index in [0.29, 0.717) is 35.1 Å². The number of hydrogen-bond acceptors (Lipinski definition) is 6. The van der Waals surface area contributed by atoms with Crippen LogP contribution in [0.4, 0.5) is 0 Å². The smallest absolute Gasteiger partial charge is 0.270 e. The van der Waals surface area contributed by atoms with Crippen molar-refractivity contribution < 1.29 is 9.53 Å². The minimum atomic E-state index is -0.316. The van der Waals surface area contributed by atoms with Gasteiger partial charge >= 0.3 is 0 Å². The molecule has 31 heavy (non-hydrogen) atoms. The summed E-state index contributed by atoms with van der Waals surface area (Å²) in [4.78, 5) is 37.4. The quantitative estimate of drug-likeness (QED) is 0.612. The maximum atomic E-state index is 12.0. The van der Waals surface area contributed by atoms with Crippen molar-refractivity contribution in [2.24, 2.45) is 0 Å². The molecule has 0 radical (unpaired) electrons. The monoisotopic (exact) mass is 439 g/mol. The molecular weight excluding hydrogens is 418 g/mol. The number of amides is 1. The third-order valence-corrected chi connectivity index (χ3v) is 6.07. The fraction of sp³-hybridized carbons (Fsp3) is 0.364. The molecule has 3 aromatic rings. The van der Waals surface area contributed by atoms with Crippen molar-refractivity contribution in [1.82, 2.24) is 25.2 Å². The number of carbonyl (C=O) groups is 1. The predicted molar refractivity (Wildman–Crippen MR) is 116 cm³/mol. The summed E-state index contributed by atoms with van der Waals surface area (Å²) in [5, 5.41) is 3.06. The molecule has 0 bridgehead atoms. The first kappa shape index (κ1) is 20.0. The second-order valence-electron chi connectivity index (χ2n) is 8.18. The molecule has 2 fully saturated rings. The SMILES string of the molecule is C[C@@H]1[C@@H](Oc2ccc(C(=O)NC3CC3)nc2)CN1Cc1cnc2cc(Cl)c(=O)[nH]c2c1. The lowest BCUT2D eigenvalue weighted by atomic mass is 10.00. The highest BCUT2D eigenvalue weighted by molar-refractivity contribution is 6.30. The molecule has 8 nitrogen and oxygen atoms in total. The van der Waals surface area contributed by atoms with Gasteiger partial charge in [-0.15, -0.1) is 0 Å². The number of fused-ring (bicyclic) bond motifs is 1. The van der Waals surface area contributed by atoms with Crippen LogP contribution >= 0.6 is 11.6 Å². The van der Waals surface area contributed by atoms with Crippen LogP contribution in [0, 0.1) is 0 Å². The Balaban J connectivity index is 1.18. The molecule has 0 spiro atoms. The van der Waals surface area contributed by atoms with Crippen LogP contribution < -0.4 is 15.6 Å². The minimum Gasteiger partial charge on any atom is -0.486 e. The molecule has 1 amide bonds. The van der Waals surface area contributed by atoms with Gasteiger partial charge in [0, 0.05) is 31.4 Å². The van der Waals surface area contributed by atoms with Crippen LogP contribution in [0.5, 0.6) is 5.75 Å². The summed E-state index contributed by atoms with van der Waals surface area (Å²) in [5.41, 5.74) is 2.43. The number of nitrogens with one attached hydrogen (secondary N) is 2. The first-order valence-electron chi connectivity index (χ1n) is 10.3. The zero-order valence-corrected chi connectivity index (χ0v) is 17.7. The molecule has 1 saturated carbocycles. The highest BCUT2D eigenvalue weighted by Crippen LogP contribution is 2.26. The molecule has 1 aliphatic heterocycles. The van der Waals surface area contributed by atoms with E-state index >= 15 is 0 Å². The Morgan fingerprint density at radius 1 is 1.29 bits per heavy atom. The molecule has 2 aliphatic rings. The number of carbonyl (C=O) groups excluding carboxylic acids is 1. The third kappa shape index (κ3) is 4.26. The van der Waals surface area contributed by atoms with Crippen LogP contribution in [-0.4, -0.2) is 50.5 Å². The van der Waals surface area contributed by atoms with Crippen LogP contribution in [0.25, 0.3) is 11.0 Å². The zero-order valence-electron chi connectivity index (χ0n) is 17.0. The van der Waals surface area contributed by atoms with Gasteiger partial charge in [-0.2, -0.15) is 0 Å². The van der Waals surface area contributed by atoms with E-state index in [0.717, 1.165) is 24.9 Å². The molecule has 2 N–H and O–H groups in total. The second kappa shape index (κ2) is 7.94. The number of aromatic nitrogens is 3. The number of rotatable bonds is 6. The van der Waals surface area contributed by atoms with Crippen LogP contribution in [0.15, 0.2) is 41.5 Å². The number of pyridine rings is 3. The molecule has 9 heteroatoms. The molecule has 1 saturated heterocycles. The Labute approximate surface area is 183 Å². The van der Waals surface area contributed by atoms with Gasteiger partial charge in [0.25, 0.3) is 11.5 Å². The van der Waals surface area contributed by atoms with Crippen molar-refractivity contribution in [3.05, 3.63) is 63.3 Å². The van der Waals surface area contributed by atoms with E-state index in [-0.39, 0.29) is 28.6 Å². The fourth-order valence-corrected chi connectivity index (χ4v) is 3.81. The second-order valence-corrected chi connectivity index (χ2v) is 8.58. The highest BCUT2D eigenvalue weighted by atomic mass is 35.5. The van der Waals surface area contributed by atoms with Gasteiger partial charge in [0.05, 0.1) is 17.2 Å². The molecule has 3 aromatic heterocycles. The summed E-state index contributed by atoms with van der Waals surface area (Å²) in [6.45, 7) is 3.57. The molecule has 0 aromatic carbocycles. The van der Waals surface area contributed by atoms with E-state index in [2.05, 4.69) is 32.1 Å². The minimum absolute atomic E-state index is 0.0416. The first-order chi connectivity index (χ1) is 15.0. The molecule has 160 valence electrons. The van der Waals surface area contributed by atoms with E-state index < -0.39 is 0 Å². The van der Waals surface area contributed by atoms with Gasteiger partial charge in [-0.25, -0.2) is 4.98 Å². The van der Waals surface area contributed by atoms with Crippen LogP contribution in [0.3, 0.4) is 0 Å². The number of aromatic amines is 1. The molecule has 5 rings (SSSR count). The van der Waals surface area contributed by atoms with E-state index in [4.69, 9.17) is 16.3 Å². The Morgan fingerprint density at radius 2 is 2.13 bits per heavy atom. The van der Waals surface area contributed by atoms with Crippen molar-refractivity contribution in [3.63, 3.8) is 0 Å². The number of ether oxygens (including phenoxy) is 1. The van der Waals surface area contributed by atoms with Crippen LogP contribution in [0.1, 0.15) is 35.8 Å². The maximum Gasteiger partial charge on any atom is 0.270 e. The molecule has 0 unspecified atom stereocenters. The van der Waals surface area contributed by atoms with Gasteiger partial charge < -0.3 is 15.0 Å². The normalized spacial score (nSPS) is 21.0. The highest BCUT2D eigenvalue weighted by Gasteiger charge is 2.37. The average molecular weight is 440 g/mol. The summed E-state index contributed by atoms with van der Waals surface area (Å²) >= 11 is 5.86. The van der Waals surface area contributed by atoms with E-state index in [1.807, 2.05) is 6.07 Å². The molecule has 2 atom stereocenters. The number of hydrogen-bond donors (Lipinski definition) is 2. The van der Waals surface area contributed by atoms with E-state index in [1.54, 1.807) is 30.6 Å². The van der Waals surface area contributed by atoms with Crippen molar-refractivity contribution in [3.8, 4) is 5.75 Å². The van der Waals surface area contributed by atoms with Crippen LogP contribution in [0.2, 0.25) is 5.02 Å². The van der Waals surface area contributed by atoms with Crippen molar-refractivity contribution in [1.29, 1.82) is 0 Å². The van der Waals surface area contributed by atoms with Crippen molar-refractivity contribution in [2.75, 3.05) is 6.54 Å². The zero-order chi connectivity index (χ0) is 21.5. The Hall–Kier alpha value is -2.97. The first-order valence-corrected chi connectivity index (χ1v) is 10.7. The fourth-order valence-electron chi connectivity index (χ4n) is 3.66. The van der Waals surface area contributed by atoms with Crippen LogP contribution in [-0.2, 0) is 6.54 Å². The lowest BCUT2D eigenvalue weighted by Gasteiger charge is -2.45. The van der Waals surface area contributed by atoms with Gasteiger partial charge in [0.1, 0.15) is 22.6 Å². The average Bonchev–Trinajstić information content (AvgIpc) is 3.58. The molecule has 4 heterocycles. The van der Waals surface area contributed by atoms with E-state index in [1.165, 1.54) is 0 Å². The van der Waals surface area contributed by atoms with Gasteiger partial charge in [-0.3, -0.25) is 19.5 Å². The van der Waals surface area contributed by atoms with Crippen molar-refractivity contribution >= 4 is 28.5 Å². The number of likely N-dealkylation sites (tertiary alicyclic amines) is 1. The number of H-pyrrole nitrogens is 1. The van der Waals surface area contributed by atoms with Gasteiger partial charge in [-0.05, 0) is 49.6 Å². The predicted octanol–water partition coefficient (Wildman–Crippen LogP) is 2.52. The summed E-state index contributed by atoms with van der Waals surface area (Å²) in [5.74, 6) is 0.520. The largest absolute Gasteiger partial charge is 0.486 e. The Kier molecular flexibility index (Phi) is 5.11. The summed E-state index contributed by atoms with van der Waals surface area (Å²) < 4.78 is 6.04. The lowest BCUT2D eigenvalue weighted by Crippen LogP contribution is -2.60. The van der Waals surface area contributed by atoms with Gasteiger partial charge in [0.2, 0.25) is 0 Å². The maximum absolute atomic E-state index is 12.0. The van der Waals surface area contributed by atoms with Gasteiger partial charge in [0.15, 0.2) is 0 Å². The molecule has 1 aliphatic carbocycles. The number of nitrogens with zero attached hydrogens (tertiary/aromatic N) is 3. The number of halogens is 1. The Bertz CT molecular complexity index is 1190. The van der Waals surface area contributed by atoms with Gasteiger partial charge in [-0.1, -0.05) is 11.6 Å². The standard InChI is InChI=1S/C22H22ClN5O3/c1-12-20(31-15-4-5-17(25-9-15)22(30)26-14-2-3-14)11-28(12)10-13-6-19-18(24-8-13)7-16(23)21(29)27-19/h4-9,12,14,20H,2-3,10-11H2,1H3,(H,26,30)(H,27,29)/t12-,20+/m1/s1. The summed E-state index contributed by atoms with van der Waals surface area (Å²) in [6, 6.07) is 7.50. The Morgan fingerprint density at radius 3 is 2.84 bits per heavy atom. The molecular formula is C22H22ClN5O3. The topological polar surface area (TPSA) is 100 Å².